The molecule has 1 aromatic carbocycles. The lowest BCUT2D eigenvalue weighted by atomic mass is 10.1. The first-order valence-electron chi connectivity index (χ1n) is 5.84. The van der Waals surface area contributed by atoms with Gasteiger partial charge >= 0.3 is 6.03 Å². The maximum Gasteiger partial charge on any atom is 0.326 e. The first-order valence-corrected chi connectivity index (χ1v) is 5.84. The fourth-order valence-corrected chi connectivity index (χ4v) is 1.68. The standard InChI is InChI=1S/C13H12N2O6/c1-20-10-5-7(2-3-9(10)21-6-11(16)17)4-8-12(18)15-13(19)14-8/h2-5H,6H2,1H3,(H,16,17)(H2,14,15,18,19)/p-1/b8-4+. The minimum atomic E-state index is -1.35. The zero-order valence-corrected chi connectivity index (χ0v) is 11.0. The minimum absolute atomic E-state index is 0.102. The molecule has 1 saturated heterocycles. The van der Waals surface area contributed by atoms with Crippen LogP contribution in [0.3, 0.4) is 0 Å². The molecule has 0 spiro atoms. The molecule has 8 nitrogen and oxygen atoms in total. The maximum atomic E-state index is 11.4. The number of rotatable bonds is 5. The zero-order valence-electron chi connectivity index (χ0n) is 11.0. The molecule has 1 fully saturated rings. The van der Waals surface area contributed by atoms with Crippen molar-refractivity contribution in [2.24, 2.45) is 0 Å². The van der Waals surface area contributed by atoms with Crippen LogP contribution in [0.25, 0.3) is 6.08 Å². The molecule has 0 unspecified atom stereocenters. The number of hydrogen-bond donors (Lipinski definition) is 2. The van der Waals surface area contributed by atoms with Gasteiger partial charge in [-0.15, -0.1) is 0 Å². The third-order valence-electron chi connectivity index (χ3n) is 2.56. The van der Waals surface area contributed by atoms with E-state index >= 15 is 0 Å². The third-order valence-corrected chi connectivity index (χ3v) is 2.56. The zero-order chi connectivity index (χ0) is 15.4. The Labute approximate surface area is 119 Å². The largest absolute Gasteiger partial charge is 0.546 e. The second kappa shape index (κ2) is 5.95. The monoisotopic (exact) mass is 291 g/mol. The van der Waals surface area contributed by atoms with Gasteiger partial charge in [-0.25, -0.2) is 4.79 Å². The number of carbonyl (C=O) groups excluding carboxylic acids is 3. The van der Waals surface area contributed by atoms with Crippen molar-refractivity contribution < 1.29 is 29.0 Å². The highest BCUT2D eigenvalue weighted by molar-refractivity contribution is 6.14. The topological polar surface area (TPSA) is 117 Å². The van der Waals surface area contributed by atoms with Crippen molar-refractivity contribution in [2.45, 2.75) is 0 Å². The van der Waals surface area contributed by atoms with Crippen LogP contribution in [-0.4, -0.2) is 31.6 Å². The van der Waals surface area contributed by atoms with Crippen LogP contribution in [0.5, 0.6) is 11.5 Å². The van der Waals surface area contributed by atoms with Crippen LogP contribution >= 0.6 is 0 Å². The number of nitrogens with one attached hydrogen (secondary N) is 2. The van der Waals surface area contributed by atoms with Gasteiger partial charge in [-0.05, 0) is 23.8 Å². The maximum absolute atomic E-state index is 11.4. The van der Waals surface area contributed by atoms with Crippen molar-refractivity contribution in [1.29, 1.82) is 0 Å². The first-order chi connectivity index (χ1) is 9.99. The molecule has 1 aliphatic heterocycles. The number of ether oxygens (including phenoxy) is 2. The van der Waals surface area contributed by atoms with Crippen molar-refractivity contribution in [2.75, 3.05) is 13.7 Å². The van der Waals surface area contributed by atoms with E-state index < -0.39 is 24.5 Å². The summed E-state index contributed by atoms with van der Waals surface area (Å²) in [7, 11) is 1.39. The molecule has 0 saturated carbocycles. The van der Waals surface area contributed by atoms with Crippen LogP contribution in [0.15, 0.2) is 23.9 Å². The summed E-state index contributed by atoms with van der Waals surface area (Å²) in [4.78, 5) is 32.8. The lowest BCUT2D eigenvalue weighted by Crippen LogP contribution is -2.29. The number of carboxylic acid groups (broad SMARTS) is 1. The lowest BCUT2D eigenvalue weighted by molar-refractivity contribution is -0.307. The number of aliphatic carboxylic acids is 1. The Morgan fingerprint density at radius 3 is 2.62 bits per heavy atom. The molecule has 0 aromatic heterocycles. The molecule has 110 valence electrons. The summed E-state index contributed by atoms with van der Waals surface area (Å²) in [5.74, 6) is -1.37. The van der Waals surface area contributed by atoms with Crippen molar-refractivity contribution >= 4 is 24.0 Å². The quantitative estimate of drug-likeness (QED) is 0.531. The van der Waals surface area contributed by atoms with E-state index in [9.17, 15) is 19.5 Å². The Morgan fingerprint density at radius 2 is 2.05 bits per heavy atom. The Morgan fingerprint density at radius 1 is 1.29 bits per heavy atom. The number of urea groups is 1. The molecule has 0 radical (unpaired) electrons. The van der Waals surface area contributed by atoms with Crippen LogP contribution in [0, 0.1) is 0 Å². The Balaban J connectivity index is 2.23. The van der Waals surface area contributed by atoms with E-state index in [1.54, 1.807) is 6.07 Å². The van der Waals surface area contributed by atoms with Crippen LogP contribution < -0.4 is 25.2 Å². The highest BCUT2D eigenvalue weighted by Gasteiger charge is 2.22. The van der Waals surface area contributed by atoms with E-state index in [1.165, 1.54) is 25.3 Å². The number of carbonyl (C=O) groups is 3. The van der Waals surface area contributed by atoms with Crippen LogP contribution in [0.2, 0.25) is 0 Å². The summed E-state index contributed by atoms with van der Waals surface area (Å²) in [6.45, 7) is -0.602. The highest BCUT2D eigenvalue weighted by atomic mass is 16.5. The second-order valence-corrected chi connectivity index (χ2v) is 4.04. The highest BCUT2D eigenvalue weighted by Crippen LogP contribution is 2.28. The van der Waals surface area contributed by atoms with Gasteiger partial charge in [0.2, 0.25) is 0 Å². The van der Waals surface area contributed by atoms with E-state index in [-0.39, 0.29) is 17.2 Å². The van der Waals surface area contributed by atoms with Crippen molar-refractivity contribution in [3.8, 4) is 11.5 Å². The molecule has 1 aliphatic rings. The van der Waals surface area contributed by atoms with E-state index in [0.29, 0.717) is 5.56 Å². The van der Waals surface area contributed by atoms with Gasteiger partial charge in [-0.1, -0.05) is 6.07 Å². The van der Waals surface area contributed by atoms with E-state index in [0.717, 1.165) is 0 Å². The number of benzene rings is 1. The third kappa shape index (κ3) is 3.50. The summed E-state index contributed by atoms with van der Waals surface area (Å²) in [6.07, 6.45) is 1.45. The molecule has 8 heteroatoms. The molecule has 21 heavy (non-hydrogen) atoms. The Bertz CT molecular complexity index is 638. The number of imide groups is 1. The Kier molecular flexibility index (Phi) is 4.07. The summed E-state index contributed by atoms with van der Waals surface area (Å²) in [5.41, 5.74) is 0.672. The van der Waals surface area contributed by atoms with Gasteiger partial charge in [-0.2, -0.15) is 0 Å². The van der Waals surface area contributed by atoms with E-state index in [4.69, 9.17) is 9.47 Å². The minimum Gasteiger partial charge on any atom is -0.546 e. The van der Waals surface area contributed by atoms with Gasteiger partial charge in [0.1, 0.15) is 12.3 Å². The first kappa shape index (κ1) is 14.4. The molecule has 0 bridgehead atoms. The van der Waals surface area contributed by atoms with E-state index in [2.05, 4.69) is 10.6 Å². The molecule has 0 aliphatic carbocycles. The van der Waals surface area contributed by atoms with Gasteiger partial charge in [0.15, 0.2) is 11.5 Å². The van der Waals surface area contributed by atoms with Crippen molar-refractivity contribution in [3.05, 3.63) is 29.5 Å². The molecule has 3 amide bonds. The van der Waals surface area contributed by atoms with Gasteiger partial charge in [0.05, 0.1) is 13.1 Å². The molecule has 2 N–H and O–H groups in total. The number of hydrogen-bond acceptors (Lipinski definition) is 6. The Hall–Kier alpha value is -3.03. The molecule has 2 rings (SSSR count). The molecule has 1 heterocycles. The summed E-state index contributed by atoms with van der Waals surface area (Å²) >= 11 is 0. The SMILES string of the molecule is COc1cc(/C=C2/NC(=O)NC2=O)ccc1OCC(=O)[O-]. The predicted octanol–water partition coefficient (Wildman–Crippen LogP) is -0.996. The fraction of sp³-hybridized carbons (Fsp3) is 0.154. The normalized spacial score (nSPS) is 15.6. The van der Waals surface area contributed by atoms with E-state index in [1.807, 2.05) is 0 Å². The number of amides is 3. The van der Waals surface area contributed by atoms with Gasteiger partial charge in [-0.3, -0.25) is 10.1 Å². The average molecular weight is 291 g/mol. The number of methoxy groups -OCH3 is 1. The summed E-state index contributed by atoms with van der Waals surface area (Å²) in [5, 5.41) is 14.8. The number of carboxylic acids is 1. The lowest BCUT2D eigenvalue weighted by Gasteiger charge is -2.11. The molecule has 0 atom stereocenters. The predicted molar refractivity (Wildman–Crippen MR) is 68.1 cm³/mol. The van der Waals surface area contributed by atoms with Gasteiger partial charge in [0, 0.05) is 0 Å². The van der Waals surface area contributed by atoms with Gasteiger partial charge < -0.3 is 24.7 Å². The van der Waals surface area contributed by atoms with Crippen LogP contribution in [0.1, 0.15) is 5.56 Å². The van der Waals surface area contributed by atoms with Crippen LogP contribution in [-0.2, 0) is 9.59 Å². The second-order valence-electron chi connectivity index (χ2n) is 4.04. The fourth-order valence-electron chi connectivity index (χ4n) is 1.68. The van der Waals surface area contributed by atoms with Crippen LogP contribution in [0.4, 0.5) is 4.79 Å². The van der Waals surface area contributed by atoms with Crippen molar-refractivity contribution in [1.82, 2.24) is 10.6 Å². The summed E-state index contributed by atoms with van der Waals surface area (Å²) < 4.78 is 10.1. The molecule has 1 aromatic rings. The smallest absolute Gasteiger partial charge is 0.326 e. The molecular formula is C13H11N2O6-. The van der Waals surface area contributed by atoms with Gasteiger partial charge in [0.25, 0.3) is 5.91 Å². The summed E-state index contributed by atoms with van der Waals surface area (Å²) in [6, 6.07) is 4.02. The average Bonchev–Trinajstić information content (AvgIpc) is 2.75. The molecular weight excluding hydrogens is 280 g/mol. The van der Waals surface area contributed by atoms with Crippen molar-refractivity contribution in [3.63, 3.8) is 0 Å².